The van der Waals surface area contributed by atoms with Crippen LogP contribution in [-0.2, 0) is 11.2 Å². The van der Waals surface area contributed by atoms with Gasteiger partial charge in [0, 0.05) is 30.0 Å². The summed E-state index contributed by atoms with van der Waals surface area (Å²) in [5.41, 5.74) is 1.90. The number of hydrogen-bond acceptors (Lipinski definition) is 4. The van der Waals surface area contributed by atoms with Crippen LogP contribution in [0.1, 0.15) is 21.9 Å². The van der Waals surface area contributed by atoms with Gasteiger partial charge in [0.25, 0.3) is 5.91 Å². The Morgan fingerprint density at radius 2 is 2.27 bits per heavy atom. The van der Waals surface area contributed by atoms with Gasteiger partial charge >= 0.3 is 6.09 Å². The lowest BCUT2D eigenvalue weighted by molar-refractivity contribution is 0.0718. The van der Waals surface area contributed by atoms with Crippen molar-refractivity contribution in [2.24, 2.45) is 0 Å². The van der Waals surface area contributed by atoms with Crippen LogP contribution < -0.4 is 0 Å². The Bertz CT molecular complexity index is 852. The molecule has 4 rings (SSSR count). The quantitative estimate of drug-likeness (QED) is 0.890. The largest absolute Gasteiger partial charge is 0.442 e. The summed E-state index contributed by atoms with van der Waals surface area (Å²) in [5.74, 6) is 0.151. The van der Waals surface area contributed by atoms with Crippen LogP contribution in [0.4, 0.5) is 4.79 Å². The maximum atomic E-state index is 12.6. The summed E-state index contributed by atoms with van der Waals surface area (Å²) in [6.07, 6.45) is 1.70. The topological polar surface area (TPSA) is 78.5 Å². The molecule has 3 heterocycles. The number of halogens is 1. The molecule has 2 aliphatic rings. The predicted molar refractivity (Wildman–Crippen MR) is 95.1 cm³/mol. The number of fused-ring (bicyclic) bond motifs is 1. The van der Waals surface area contributed by atoms with E-state index in [4.69, 9.17) is 16.3 Å². The molecule has 0 bridgehead atoms. The lowest BCUT2D eigenvalue weighted by Gasteiger charge is -2.22. The molecule has 136 valence electrons. The molecule has 2 aromatic rings. The van der Waals surface area contributed by atoms with Crippen molar-refractivity contribution in [3.8, 4) is 0 Å². The van der Waals surface area contributed by atoms with Gasteiger partial charge in [-0.1, -0.05) is 23.7 Å². The fourth-order valence-electron chi connectivity index (χ4n) is 3.54. The molecule has 8 heteroatoms. The number of aromatic nitrogens is 2. The highest BCUT2D eigenvalue weighted by molar-refractivity contribution is 6.30. The fraction of sp³-hybridized carbons (Fsp3) is 0.389. The Morgan fingerprint density at radius 3 is 3.00 bits per heavy atom. The van der Waals surface area contributed by atoms with Gasteiger partial charge in [0.2, 0.25) is 0 Å². The predicted octanol–water partition coefficient (Wildman–Crippen LogP) is 2.26. The number of carbonyl (C=O) groups is 2. The minimum Gasteiger partial charge on any atom is -0.442 e. The molecule has 1 aromatic carbocycles. The lowest BCUT2D eigenvalue weighted by Crippen LogP contribution is -2.40. The van der Waals surface area contributed by atoms with Crippen molar-refractivity contribution >= 4 is 23.6 Å². The third-order valence-electron chi connectivity index (χ3n) is 4.85. The summed E-state index contributed by atoms with van der Waals surface area (Å²) in [7, 11) is 0. The van der Waals surface area contributed by atoms with E-state index in [-0.39, 0.29) is 24.1 Å². The van der Waals surface area contributed by atoms with E-state index in [1.165, 1.54) is 0 Å². The first-order valence-electron chi connectivity index (χ1n) is 8.54. The van der Waals surface area contributed by atoms with E-state index < -0.39 is 0 Å². The molecule has 2 saturated heterocycles. The Balaban J connectivity index is 1.42. The number of amides is 2. The van der Waals surface area contributed by atoms with Crippen molar-refractivity contribution in [1.29, 1.82) is 0 Å². The summed E-state index contributed by atoms with van der Waals surface area (Å²) < 4.78 is 5.47. The minimum atomic E-state index is -0.317. The van der Waals surface area contributed by atoms with Gasteiger partial charge in [-0.05, 0) is 31.0 Å². The second kappa shape index (κ2) is 6.64. The highest BCUT2D eigenvalue weighted by atomic mass is 35.5. The van der Waals surface area contributed by atoms with Crippen molar-refractivity contribution in [1.82, 2.24) is 19.8 Å². The number of aromatic amines is 1. The maximum Gasteiger partial charge on any atom is 0.410 e. The number of ether oxygens (including phenoxy) is 1. The summed E-state index contributed by atoms with van der Waals surface area (Å²) in [5, 5.41) is 0.677. The molecule has 2 amide bonds. The van der Waals surface area contributed by atoms with Crippen LogP contribution in [-0.4, -0.2) is 63.5 Å². The molecular formula is C18H19ClN4O3. The SMILES string of the molecule is Cc1cnc(C(=O)N2C[C@@H]3OC(=O)N(CCc4cccc(Cl)c4)[C@@H]3C2)[nH]1. The molecule has 0 saturated carbocycles. The second-order valence-corrected chi connectivity index (χ2v) is 7.12. The van der Waals surface area contributed by atoms with E-state index in [0.717, 1.165) is 11.3 Å². The molecule has 2 atom stereocenters. The molecule has 26 heavy (non-hydrogen) atoms. The molecule has 2 fully saturated rings. The summed E-state index contributed by atoms with van der Waals surface area (Å²) in [6.45, 7) is 3.22. The third kappa shape index (κ3) is 3.14. The van der Waals surface area contributed by atoms with E-state index in [1.807, 2.05) is 31.2 Å². The van der Waals surface area contributed by atoms with Crippen LogP contribution in [0.25, 0.3) is 0 Å². The van der Waals surface area contributed by atoms with Gasteiger partial charge < -0.3 is 14.6 Å². The molecule has 1 N–H and O–H groups in total. The molecule has 0 radical (unpaired) electrons. The first-order chi connectivity index (χ1) is 12.5. The van der Waals surface area contributed by atoms with Gasteiger partial charge in [-0.3, -0.25) is 9.69 Å². The Kier molecular flexibility index (Phi) is 4.32. The third-order valence-corrected chi connectivity index (χ3v) is 5.08. The average Bonchev–Trinajstić information content (AvgIpc) is 3.27. The monoisotopic (exact) mass is 374 g/mol. The molecule has 1 aromatic heterocycles. The van der Waals surface area contributed by atoms with Crippen LogP contribution in [0.5, 0.6) is 0 Å². The van der Waals surface area contributed by atoms with Crippen molar-refractivity contribution < 1.29 is 14.3 Å². The van der Waals surface area contributed by atoms with Gasteiger partial charge in [-0.2, -0.15) is 0 Å². The van der Waals surface area contributed by atoms with E-state index in [0.29, 0.717) is 36.9 Å². The Labute approximate surface area is 155 Å². The number of nitrogens with one attached hydrogen (secondary N) is 1. The summed E-state index contributed by atoms with van der Waals surface area (Å²) in [4.78, 5) is 35.2. The first kappa shape index (κ1) is 16.9. The number of rotatable bonds is 4. The van der Waals surface area contributed by atoms with Crippen molar-refractivity contribution in [3.05, 3.63) is 52.6 Å². The van der Waals surface area contributed by atoms with Crippen LogP contribution in [0, 0.1) is 6.92 Å². The van der Waals surface area contributed by atoms with Gasteiger partial charge in [-0.25, -0.2) is 9.78 Å². The standard InChI is InChI=1S/C18H19ClN4O3/c1-11-8-20-16(21-11)17(24)22-9-14-15(10-22)26-18(25)23(14)6-5-12-3-2-4-13(19)7-12/h2-4,7-8,14-15H,5-6,9-10H2,1H3,(H,20,21)/t14-,15+/m1/s1. The molecule has 7 nitrogen and oxygen atoms in total. The lowest BCUT2D eigenvalue weighted by atomic mass is 10.1. The van der Waals surface area contributed by atoms with Crippen LogP contribution in [0.2, 0.25) is 5.02 Å². The Hall–Kier alpha value is -2.54. The average molecular weight is 375 g/mol. The van der Waals surface area contributed by atoms with Crippen molar-refractivity contribution in [3.63, 3.8) is 0 Å². The number of imidazole rings is 1. The molecular weight excluding hydrogens is 356 g/mol. The second-order valence-electron chi connectivity index (χ2n) is 6.69. The van der Waals surface area contributed by atoms with Crippen LogP contribution >= 0.6 is 11.6 Å². The normalized spacial score (nSPS) is 21.8. The smallest absolute Gasteiger partial charge is 0.410 e. The van der Waals surface area contributed by atoms with Crippen molar-refractivity contribution in [2.45, 2.75) is 25.5 Å². The number of aryl methyl sites for hydroxylation is 1. The van der Waals surface area contributed by atoms with E-state index in [9.17, 15) is 9.59 Å². The van der Waals surface area contributed by atoms with Crippen molar-refractivity contribution in [2.75, 3.05) is 19.6 Å². The number of benzene rings is 1. The van der Waals surface area contributed by atoms with Crippen LogP contribution in [0.3, 0.4) is 0 Å². The van der Waals surface area contributed by atoms with Gasteiger partial charge in [0.15, 0.2) is 5.82 Å². The summed E-state index contributed by atoms with van der Waals surface area (Å²) in [6, 6.07) is 7.46. The van der Waals surface area contributed by atoms with E-state index >= 15 is 0 Å². The van der Waals surface area contributed by atoms with E-state index in [1.54, 1.807) is 16.0 Å². The zero-order valence-electron chi connectivity index (χ0n) is 14.3. The molecule has 0 spiro atoms. The minimum absolute atomic E-state index is 0.123. The van der Waals surface area contributed by atoms with Gasteiger partial charge in [0.05, 0.1) is 12.6 Å². The zero-order valence-corrected chi connectivity index (χ0v) is 15.1. The van der Waals surface area contributed by atoms with Crippen LogP contribution in [0.15, 0.2) is 30.5 Å². The number of carbonyl (C=O) groups excluding carboxylic acids is 2. The number of hydrogen-bond donors (Lipinski definition) is 1. The van der Waals surface area contributed by atoms with E-state index in [2.05, 4.69) is 9.97 Å². The fourth-order valence-corrected chi connectivity index (χ4v) is 3.75. The maximum absolute atomic E-state index is 12.6. The number of likely N-dealkylation sites (tertiary alicyclic amines) is 1. The molecule has 2 aliphatic heterocycles. The van der Waals surface area contributed by atoms with Gasteiger partial charge in [0.1, 0.15) is 6.10 Å². The first-order valence-corrected chi connectivity index (χ1v) is 8.91. The number of nitrogens with zero attached hydrogens (tertiary/aromatic N) is 3. The summed E-state index contributed by atoms with van der Waals surface area (Å²) >= 11 is 6.01. The molecule has 0 unspecified atom stereocenters. The number of H-pyrrole nitrogens is 1. The zero-order chi connectivity index (χ0) is 18.3. The Morgan fingerprint density at radius 1 is 1.42 bits per heavy atom. The molecule has 0 aliphatic carbocycles. The highest BCUT2D eigenvalue weighted by Gasteiger charge is 2.48. The van der Waals surface area contributed by atoms with Gasteiger partial charge in [-0.15, -0.1) is 0 Å². The highest BCUT2D eigenvalue weighted by Crippen LogP contribution is 2.28.